The molecule has 0 aliphatic heterocycles. The normalized spacial score (nSPS) is 11.0. The van der Waals surface area contributed by atoms with E-state index in [2.05, 4.69) is 25.8 Å². The van der Waals surface area contributed by atoms with E-state index in [1.807, 2.05) is 57.2 Å². The number of nitrogens with one attached hydrogen (secondary N) is 1. The van der Waals surface area contributed by atoms with Gasteiger partial charge in [0, 0.05) is 29.4 Å². The number of pyridine rings is 1. The average Bonchev–Trinajstić information content (AvgIpc) is 3.24. The molecule has 8 heteroatoms. The number of carbonyl (C=O) groups is 1. The molecule has 0 spiro atoms. The van der Waals surface area contributed by atoms with Crippen LogP contribution < -0.4 is 11.1 Å². The number of benzene rings is 2. The third-order valence-electron chi connectivity index (χ3n) is 4.86. The molecule has 0 aliphatic carbocycles. The zero-order valence-electron chi connectivity index (χ0n) is 17.6. The van der Waals surface area contributed by atoms with Gasteiger partial charge in [-0.15, -0.1) is 5.10 Å². The number of aryl methyl sites for hydroxylation is 1. The maximum atomic E-state index is 13.1. The third-order valence-corrected chi connectivity index (χ3v) is 4.86. The Hall–Kier alpha value is -4.07. The second kappa shape index (κ2) is 8.35. The molecule has 156 valence electrons. The minimum absolute atomic E-state index is 0.120. The summed E-state index contributed by atoms with van der Waals surface area (Å²) in [6.07, 6.45) is 1.55. The summed E-state index contributed by atoms with van der Waals surface area (Å²) in [5, 5.41) is 15.0. The fraction of sp³-hybridized carbons (Fsp3) is 0.174. The van der Waals surface area contributed by atoms with Crippen LogP contribution >= 0.6 is 0 Å². The standard InChI is InChI=1S/C23H23N7O/c1-14(2)22-27-28-29-30(22)20-11-17(16-6-4-15(3)5-7-16)10-18(12-20)23(31)26-19-8-9-25-21(24)13-19/h4-14H,1-3H3,(H3,24,25,26,31). The summed E-state index contributed by atoms with van der Waals surface area (Å²) in [6.45, 7) is 6.08. The van der Waals surface area contributed by atoms with E-state index in [1.165, 1.54) is 0 Å². The number of aromatic nitrogens is 5. The molecule has 31 heavy (non-hydrogen) atoms. The molecule has 1 amide bonds. The minimum atomic E-state index is -0.264. The highest BCUT2D eigenvalue weighted by molar-refractivity contribution is 6.05. The zero-order valence-corrected chi connectivity index (χ0v) is 17.6. The van der Waals surface area contributed by atoms with Gasteiger partial charge in [0.15, 0.2) is 5.82 Å². The maximum Gasteiger partial charge on any atom is 0.255 e. The van der Waals surface area contributed by atoms with Crippen LogP contribution in [0.3, 0.4) is 0 Å². The van der Waals surface area contributed by atoms with Gasteiger partial charge in [0.05, 0.1) is 5.69 Å². The first kappa shape index (κ1) is 20.2. The lowest BCUT2D eigenvalue weighted by atomic mass is 10.0. The number of nitrogen functional groups attached to an aromatic ring is 1. The zero-order chi connectivity index (χ0) is 22.0. The summed E-state index contributed by atoms with van der Waals surface area (Å²) in [6, 6.07) is 17.1. The van der Waals surface area contributed by atoms with Crippen LogP contribution in [-0.4, -0.2) is 31.1 Å². The molecule has 0 saturated heterocycles. The number of nitrogens with two attached hydrogens (primary N) is 1. The van der Waals surface area contributed by atoms with Crippen molar-refractivity contribution in [2.75, 3.05) is 11.1 Å². The maximum absolute atomic E-state index is 13.1. The van der Waals surface area contributed by atoms with Gasteiger partial charge in [-0.1, -0.05) is 43.7 Å². The van der Waals surface area contributed by atoms with Crippen LogP contribution in [0.15, 0.2) is 60.8 Å². The molecule has 0 saturated carbocycles. The number of anilines is 2. The van der Waals surface area contributed by atoms with Gasteiger partial charge in [-0.25, -0.2) is 4.98 Å². The van der Waals surface area contributed by atoms with E-state index in [0.717, 1.165) is 16.7 Å². The van der Waals surface area contributed by atoms with Crippen molar-refractivity contribution in [3.05, 3.63) is 77.7 Å². The van der Waals surface area contributed by atoms with Crippen LogP contribution in [0.5, 0.6) is 0 Å². The summed E-state index contributed by atoms with van der Waals surface area (Å²) >= 11 is 0. The SMILES string of the molecule is Cc1ccc(-c2cc(C(=O)Nc3ccnc(N)c3)cc(-n3nnnc3C(C)C)c2)cc1. The Labute approximate surface area is 180 Å². The van der Waals surface area contributed by atoms with Crippen LogP contribution in [0.1, 0.15) is 41.5 Å². The number of hydrogen-bond acceptors (Lipinski definition) is 6. The van der Waals surface area contributed by atoms with Crippen LogP contribution in [0.2, 0.25) is 0 Å². The lowest BCUT2D eigenvalue weighted by Gasteiger charge is -2.13. The van der Waals surface area contributed by atoms with Gasteiger partial charge in [0.1, 0.15) is 5.82 Å². The molecule has 0 aliphatic rings. The Balaban J connectivity index is 1.80. The fourth-order valence-electron chi connectivity index (χ4n) is 3.24. The summed E-state index contributed by atoms with van der Waals surface area (Å²) in [7, 11) is 0. The summed E-state index contributed by atoms with van der Waals surface area (Å²) in [5.74, 6) is 0.909. The van der Waals surface area contributed by atoms with E-state index in [0.29, 0.717) is 28.6 Å². The van der Waals surface area contributed by atoms with E-state index in [9.17, 15) is 4.79 Å². The third kappa shape index (κ3) is 4.42. The molecule has 2 heterocycles. The molecule has 0 bridgehead atoms. The monoisotopic (exact) mass is 413 g/mol. The van der Waals surface area contributed by atoms with Gasteiger partial charge < -0.3 is 11.1 Å². The number of rotatable bonds is 5. The molecule has 0 atom stereocenters. The average molecular weight is 413 g/mol. The molecule has 0 fully saturated rings. The molecule has 3 N–H and O–H groups in total. The second-order valence-electron chi connectivity index (χ2n) is 7.66. The Morgan fingerprint density at radius 1 is 1.03 bits per heavy atom. The molecular formula is C23H23N7O. The second-order valence-corrected chi connectivity index (χ2v) is 7.66. The number of tetrazole rings is 1. The Bertz CT molecular complexity index is 1230. The van der Waals surface area contributed by atoms with Crippen LogP contribution in [0.25, 0.3) is 16.8 Å². The predicted molar refractivity (Wildman–Crippen MR) is 120 cm³/mol. The van der Waals surface area contributed by atoms with E-state index in [-0.39, 0.29) is 11.8 Å². The molecule has 4 aromatic rings. The van der Waals surface area contributed by atoms with Crippen LogP contribution in [0, 0.1) is 6.92 Å². The lowest BCUT2D eigenvalue weighted by molar-refractivity contribution is 0.102. The predicted octanol–water partition coefficient (Wildman–Crippen LogP) is 3.99. The fourth-order valence-corrected chi connectivity index (χ4v) is 3.24. The first-order valence-electron chi connectivity index (χ1n) is 9.94. The number of nitrogens with zero attached hydrogens (tertiary/aromatic N) is 5. The summed E-state index contributed by atoms with van der Waals surface area (Å²) in [5.41, 5.74) is 10.5. The van der Waals surface area contributed by atoms with E-state index in [1.54, 1.807) is 29.1 Å². The largest absolute Gasteiger partial charge is 0.384 e. The van der Waals surface area contributed by atoms with Gasteiger partial charge in [-0.3, -0.25) is 4.79 Å². The minimum Gasteiger partial charge on any atom is -0.384 e. The topological polar surface area (TPSA) is 112 Å². The first-order valence-corrected chi connectivity index (χ1v) is 9.94. The molecule has 8 nitrogen and oxygen atoms in total. The Kier molecular flexibility index (Phi) is 5.44. The summed E-state index contributed by atoms with van der Waals surface area (Å²) in [4.78, 5) is 17.0. The van der Waals surface area contributed by atoms with E-state index < -0.39 is 0 Å². The molecule has 2 aromatic carbocycles. The quantitative estimate of drug-likeness (QED) is 0.512. The van der Waals surface area contributed by atoms with Crippen molar-refractivity contribution in [1.82, 2.24) is 25.2 Å². The van der Waals surface area contributed by atoms with Gasteiger partial charge in [-0.2, -0.15) is 4.68 Å². The summed E-state index contributed by atoms with van der Waals surface area (Å²) < 4.78 is 1.67. The smallest absolute Gasteiger partial charge is 0.255 e. The van der Waals surface area contributed by atoms with Crippen molar-refractivity contribution in [1.29, 1.82) is 0 Å². The van der Waals surface area contributed by atoms with Crippen molar-refractivity contribution in [3.63, 3.8) is 0 Å². The first-order chi connectivity index (χ1) is 14.9. The van der Waals surface area contributed by atoms with Gasteiger partial charge in [0.2, 0.25) is 0 Å². The number of carbonyl (C=O) groups excluding carboxylic acids is 1. The van der Waals surface area contributed by atoms with Crippen molar-refractivity contribution in [2.24, 2.45) is 0 Å². The number of amides is 1. The van der Waals surface area contributed by atoms with Gasteiger partial charge in [-0.05, 0) is 52.7 Å². The molecule has 4 rings (SSSR count). The number of hydrogen-bond donors (Lipinski definition) is 2. The lowest BCUT2D eigenvalue weighted by Crippen LogP contribution is -2.14. The Morgan fingerprint density at radius 3 is 2.52 bits per heavy atom. The van der Waals surface area contributed by atoms with Crippen LogP contribution in [-0.2, 0) is 0 Å². The molecular weight excluding hydrogens is 390 g/mol. The highest BCUT2D eigenvalue weighted by atomic mass is 16.1. The van der Waals surface area contributed by atoms with Gasteiger partial charge in [0.25, 0.3) is 5.91 Å². The highest BCUT2D eigenvalue weighted by Crippen LogP contribution is 2.26. The van der Waals surface area contributed by atoms with Crippen molar-refractivity contribution < 1.29 is 4.79 Å². The van der Waals surface area contributed by atoms with Gasteiger partial charge >= 0.3 is 0 Å². The van der Waals surface area contributed by atoms with Crippen molar-refractivity contribution in [3.8, 4) is 16.8 Å². The molecule has 0 radical (unpaired) electrons. The van der Waals surface area contributed by atoms with Crippen molar-refractivity contribution in [2.45, 2.75) is 26.7 Å². The van der Waals surface area contributed by atoms with E-state index in [4.69, 9.17) is 5.73 Å². The Morgan fingerprint density at radius 2 is 1.81 bits per heavy atom. The van der Waals surface area contributed by atoms with Crippen LogP contribution in [0.4, 0.5) is 11.5 Å². The molecule has 2 aromatic heterocycles. The highest BCUT2D eigenvalue weighted by Gasteiger charge is 2.16. The van der Waals surface area contributed by atoms with E-state index >= 15 is 0 Å². The van der Waals surface area contributed by atoms with Crippen molar-refractivity contribution >= 4 is 17.4 Å². The molecule has 0 unspecified atom stereocenters.